The van der Waals surface area contributed by atoms with Gasteiger partial charge in [0, 0.05) is 30.7 Å². The van der Waals surface area contributed by atoms with Gasteiger partial charge in [-0.15, -0.1) is 0 Å². The highest BCUT2D eigenvalue weighted by atomic mass is 16.5. The fourth-order valence-corrected chi connectivity index (χ4v) is 3.18. The van der Waals surface area contributed by atoms with E-state index in [1.165, 1.54) is 0 Å². The van der Waals surface area contributed by atoms with Gasteiger partial charge in [-0.05, 0) is 35.4 Å². The summed E-state index contributed by atoms with van der Waals surface area (Å²) in [5.74, 6) is 0.894. The lowest BCUT2D eigenvalue weighted by atomic mass is 10.1. The smallest absolute Gasteiger partial charge is 0.228 e. The number of imidazole rings is 1. The van der Waals surface area contributed by atoms with Crippen molar-refractivity contribution in [3.63, 3.8) is 0 Å². The minimum Gasteiger partial charge on any atom is -0.456 e. The van der Waals surface area contributed by atoms with Gasteiger partial charge in [0.1, 0.15) is 17.6 Å². The summed E-state index contributed by atoms with van der Waals surface area (Å²) in [7, 11) is 0. The van der Waals surface area contributed by atoms with Crippen molar-refractivity contribution in [2.75, 3.05) is 5.32 Å². The topological polar surface area (TPSA) is 79.9 Å². The number of anilines is 1. The molecule has 1 aromatic heterocycles. The van der Waals surface area contributed by atoms with Crippen molar-refractivity contribution in [2.24, 2.45) is 0 Å². The highest BCUT2D eigenvalue weighted by Crippen LogP contribution is 2.28. The molecule has 1 amide bonds. The van der Waals surface area contributed by atoms with Gasteiger partial charge in [-0.25, -0.2) is 4.98 Å². The van der Waals surface area contributed by atoms with Crippen LogP contribution in [0.25, 0.3) is 0 Å². The highest BCUT2D eigenvalue weighted by molar-refractivity contribution is 5.92. The summed E-state index contributed by atoms with van der Waals surface area (Å²) in [6.45, 7) is 0.623. The summed E-state index contributed by atoms with van der Waals surface area (Å²) in [5, 5.41) is 12.3. The van der Waals surface area contributed by atoms with Crippen LogP contribution in [0.3, 0.4) is 0 Å². The van der Waals surface area contributed by atoms with Gasteiger partial charge in [-0.1, -0.05) is 42.5 Å². The van der Waals surface area contributed by atoms with E-state index in [2.05, 4.69) is 16.4 Å². The Hall–Kier alpha value is -4.37. The lowest BCUT2D eigenvalue weighted by molar-refractivity contribution is -0.115. The molecule has 6 nitrogen and oxygen atoms in total. The number of hydrogen-bond acceptors (Lipinski definition) is 4. The molecule has 0 saturated carbocycles. The van der Waals surface area contributed by atoms with Crippen LogP contribution in [-0.2, 0) is 17.8 Å². The maximum Gasteiger partial charge on any atom is 0.228 e. The molecule has 6 heteroatoms. The number of nitrogens with zero attached hydrogens (tertiary/aromatic N) is 3. The predicted octanol–water partition coefficient (Wildman–Crippen LogP) is 4.78. The van der Waals surface area contributed by atoms with E-state index in [0.29, 0.717) is 35.7 Å². The number of carbonyl (C=O) groups excluding carboxylic acids is 1. The third kappa shape index (κ3) is 5.37. The van der Waals surface area contributed by atoms with E-state index < -0.39 is 0 Å². The molecule has 0 aliphatic carbocycles. The molecule has 1 N–H and O–H groups in total. The van der Waals surface area contributed by atoms with E-state index in [0.717, 1.165) is 11.1 Å². The van der Waals surface area contributed by atoms with Crippen LogP contribution in [0.2, 0.25) is 0 Å². The largest absolute Gasteiger partial charge is 0.456 e. The molecule has 0 spiro atoms. The molecule has 31 heavy (non-hydrogen) atoms. The summed E-state index contributed by atoms with van der Waals surface area (Å²) >= 11 is 0. The highest BCUT2D eigenvalue weighted by Gasteiger charge is 2.09. The minimum atomic E-state index is -0.108. The molecule has 0 unspecified atom stereocenters. The fourth-order valence-electron chi connectivity index (χ4n) is 3.18. The number of rotatable bonds is 7. The minimum absolute atomic E-state index is 0.108. The van der Waals surface area contributed by atoms with Crippen LogP contribution in [0, 0.1) is 11.3 Å². The van der Waals surface area contributed by atoms with Crippen molar-refractivity contribution in [1.29, 1.82) is 5.26 Å². The van der Waals surface area contributed by atoms with Crippen molar-refractivity contribution in [3.05, 3.63) is 108 Å². The second-order valence-corrected chi connectivity index (χ2v) is 7.02. The Kier molecular flexibility index (Phi) is 6.05. The van der Waals surface area contributed by atoms with E-state index in [9.17, 15) is 10.1 Å². The Bertz CT molecular complexity index is 1210. The molecule has 0 aliphatic heterocycles. The number of amides is 1. The van der Waals surface area contributed by atoms with Crippen molar-refractivity contribution in [2.45, 2.75) is 13.0 Å². The first kappa shape index (κ1) is 19.9. The van der Waals surface area contributed by atoms with Gasteiger partial charge in [0.05, 0.1) is 18.3 Å². The number of hydrogen-bond donors (Lipinski definition) is 1. The lowest BCUT2D eigenvalue weighted by Gasteiger charge is -2.12. The van der Waals surface area contributed by atoms with Crippen molar-refractivity contribution in [1.82, 2.24) is 9.55 Å². The van der Waals surface area contributed by atoms with Gasteiger partial charge in [0.15, 0.2) is 0 Å². The maximum atomic E-state index is 12.3. The van der Waals surface area contributed by atoms with Crippen LogP contribution in [0.4, 0.5) is 5.69 Å². The van der Waals surface area contributed by atoms with Crippen molar-refractivity contribution in [3.8, 4) is 17.6 Å². The van der Waals surface area contributed by atoms with Gasteiger partial charge in [0.2, 0.25) is 5.91 Å². The van der Waals surface area contributed by atoms with Gasteiger partial charge in [-0.2, -0.15) is 5.26 Å². The predicted molar refractivity (Wildman–Crippen MR) is 118 cm³/mol. The molecule has 0 atom stereocenters. The monoisotopic (exact) mass is 408 g/mol. The molecule has 0 radical (unpaired) electrons. The Morgan fingerprint density at radius 1 is 1.03 bits per heavy atom. The van der Waals surface area contributed by atoms with E-state index in [1.54, 1.807) is 42.9 Å². The fraction of sp³-hybridized carbons (Fsp3) is 0.0800. The van der Waals surface area contributed by atoms with Crippen LogP contribution in [0.5, 0.6) is 11.5 Å². The van der Waals surface area contributed by atoms with E-state index in [4.69, 9.17) is 4.74 Å². The first-order valence-electron chi connectivity index (χ1n) is 9.80. The molecule has 3 aromatic carbocycles. The summed E-state index contributed by atoms with van der Waals surface area (Å²) in [5.41, 5.74) is 3.00. The third-order valence-electron chi connectivity index (χ3n) is 4.64. The normalized spacial score (nSPS) is 10.3. The summed E-state index contributed by atoms with van der Waals surface area (Å²) in [6.07, 6.45) is 5.63. The quantitative estimate of drug-likeness (QED) is 0.477. The average molecular weight is 408 g/mol. The number of carbonyl (C=O) groups is 1. The molecule has 4 aromatic rings. The Labute approximate surface area is 180 Å². The molecule has 152 valence electrons. The molecule has 0 saturated heterocycles. The second-order valence-electron chi connectivity index (χ2n) is 7.02. The third-order valence-corrected chi connectivity index (χ3v) is 4.64. The Balaban J connectivity index is 1.48. The number of nitriles is 1. The van der Waals surface area contributed by atoms with Crippen LogP contribution < -0.4 is 10.1 Å². The van der Waals surface area contributed by atoms with Crippen LogP contribution in [0.1, 0.15) is 16.7 Å². The standard InChI is InChI=1S/C25H20N4O2/c26-16-21-10-9-20(17-29-12-11-27-18-29)13-24(21)31-23-8-4-7-22(15-23)28-25(30)14-19-5-2-1-3-6-19/h1-13,15,18H,14,17H2,(H,28,30). The van der Waals surface area contributed by atoms with Crippen LogP contribution >= 0.6 is 0 Å². The van der Waals surface area contributed by atoms with Gasteiger partial charge in [-0.3, -0.25) is 4.79 Å². The Morgan fingerprint density at radius 3 is 2.68 bits per heavy atom. The molecule has 0 fully saturated rings. The summed E-state index contributed by atoms with van der Waals surface area (Å²) in [4.78, 5) is 16.4. The number of nitrogens with one attached hydrogen (secondary N) is 1. The lowest BCUT2D eigenvalue weighted by Crippen LogP contribution is -2.14. The average Bonchev–Trinajstić information content (AvgIpc) is 3.28. The van der Waals surface area contributed by atoms with Gasteiger partial charge < -0.3 is 14.6 Å². The van der Waals surface area contributed by atoms with Crippen molar-refractivity contribution >= 4 is 11.6 Å². The molecule has 1 heterocycles. The Morgan fingerprint density at radius 2 is 1.90 bits per heavy atom. The van der Waals surface area contributed by atoms with E-state index >= 15 is 0 Å². The number of aromatic nitrogens is 2. The van der Waals surface area contributed by atoms with Crippen LogP contribution in [-0.4, -0.2) is 15.5 Å². The summed E-state index contributed by atoms with van der Waals surface area (Å²) in [6, 6.07) is 24.3. The van der Waals surface area contributed by atoms with Crippen LogP contribution in [0.15, 0.2) is 91.5 Å². The van der Waals surface area contributed by atoms with Gasteiger partial charge in [0.25, 0.3) is 0 Å². The SMILES string of the molecule is N#Cc1ccc(Cn2ccnc2)cc1Oc1cccc(NC(=O)Cc2ccccc2)c1. The molecule has 4 rings (SSSR count). The molecular formula is C25H20N4O2. The number of ether oxygens (including phenoxy) is 1. The first-order valence-corrected chi connectivity index (χ1v) is 9.80. The zero-order valence-electron chi connectivity index (χ0n) is 16.7. The second kappa shape index (κ2) is 9.42. The maximum absolute atomic E-state index is 12.3. The van der Waals surface area contributed by atoms with E-state index in [-0.39, 0.29) is 5.91 Å². The number of benzene rings is 3. The zero-order valence-corrected chi connectivity index (χ0v) is 16.7. The van der Waals surface area contributed by atoms with E-state index in [1.807, 2.05) is 53.2 Å². The molecular weight excluding hydrogens is 388 g/mol. The molecule has 0 aliphatic rings. The van der Waals surface area contributed by atoms with Gasteiger partial charge >= 0.3 is 0 Å². The molecule has 0 bridgehead atoms. The zero-order chi connectivity index (χ0) is 21.5. The first-order chi connectivity index (χ1) is 15.2. The summed E-state index contributed by atoms with van der Waals surface area (Å²) < 4.78 is 7.94. The van der Waals surface area contributed by atoms with Crippen molar-refractivity contribution < 1.29 is 9.53 Å².